The van der Waals surface area contributed by atoms with E-state index in [-0.39, 0.29) is 30.2 Å². The molecule has 7 heteroatoms. The summed E-state index contributed by atoms with van der Waals surface area (Å²) >= 11 is 1.99. The molecule has 2 unspecified atom stereocenters. The first kappa shape index (κ1) is 16.2. The molecule has 0 radical (unpaired) electrons. The van der Waals surface area contributed by atoms with Gasteiger partial charge in [0.1, 0.15) is 0 Å². The minimum absolute atomic E-state index is 0.0526. The Balaban J connectivity index is 2.16. The normalized spacial score (nSPS) is 21.8. The molecule has 1 amide bonds. The number of halogens is 1. The molecule has 1 fully saturated rings. The Morgan fingerprint density at radius 3 is 2.81 bits per heavy atom. The van der Waals surface area contributed by atoms with Crippen LogP contribution in [-0.2, 0) is 0 Å². The Morgan fingerprint density at radius 2 is 2.14 bits per heavy atom. The lowest BCUT2D eigenvalue weighted by molar-refractivity contribution is -0.384. The quantitative estimate of drug-likeness (QED) is 0.458. The maximum Gasteiger partial charge on any atom is 0.270 e. The second-order valence-corrected chi connectivity index (χ2v) is 6.39. The van der Waals surface area contributed by atoms with Crippen LogP contribution in [0, 0.1) is 19.6 Å². The first-order valence-corrected chi connectivity index (χ1v) is 7.96. The summed E-state index contributed by atoms with van der Waals surface area (Å²) in [6, 6.07) is 4.19. The van der Waals surface area contributed by atoms with E-state index in [1.807, 2.05) is 22.6 Å². The maximum absolute atomic E-state index is 12.3. The van der Waals surface area contributed by atoms with Gasteiger partial charge < -0.3 is 10.4 Å². The van der Waals surface area contributed by atoms with Crippen LogP contribution >= 0.6 is 22.6 Å². The van der Waals surface area contributed by atoms with Crippen LogP contribution < -0.4 is 5.32 Å². The summed E-state index contributed by atoms with van der Waals surface area (Å²) in [6.07, 6.45) is 3.81. The molecular formula is C14H17IN2O4. The van der Waals surface area contributed by atoms with E-state index < -0.39 is 4.92 Å². The smallest absolute Gasteiger partial charge is 0.270 e. The van der Waals surface area contributed by atoms with Crippen molar-refractivity contribution in [1.29, 1.82) is 0 Å². The molecule has 2 atom stereocenters. The van der Waals surface area contributed by atoms with Gasteiger partial charge in [-0.2, -0.15) is 0 Å². The highest BCUT2D eigenvalue weighted by molar-refractivity contribution is 14.1. The standard InChI is InChI=1S/C14H17IN2O4/c15-12-6-5-10(17(20)21)7-11(12)14(19)16-13-4-2-1-3-9(13)8-18/h5-7,9,13,18H,1-4,8H2,(H,16,19). The molecule has 1 aliphatic rings. The lowest BCUT2D eigenvalue weighted by atomic mass is 9.85. The molecule has 0 spiro atoms. The largest absolute Gasteiger partial charge is 0.396 e. The van der Waals surface area contributed by atoms with Crippen LogP contribution in [0.3, 0.4) is 0 Å². The third-order valence-corrected chi connectivity index (χ3v) is 4.81. The van der Waals surface area contributed by atoms with Crippen LogP contribution in [0.5, 0.6) is 0 Å². The Hall–Kier alpha value is -1.22. The Bertz CT molecular complexity index is 550. The van der Waals surface area contributed by atoms with Crippen LogP contribution in [-0.4, -0.2) is 28.6 Å². The van der Waals surface area contributed by atoms with E-state index in [1.54, 1.807) is 6.07 Å². The topological polar surface area (TPSA) is 92.5 Å². The average molecular weight is 404 g/mol. The fourth-order valence-electron chi connectivity index (χ4n) is 2.66. The number of carbonyl (C=O) groups is 1. The van der Waals surface area contributed by atoms with Gasteiger partial charge in [-0.25, -0.2) is 0 Å². The molecule has 2 N–H and O–H groups in total. The summed E-state index contributed by atoms with van der Waals surface area (Å²) in [5.74, 6) is -0.243. The molecule has 0 bridgehead atoms. The van der Waals surface area contributed by atoms with Crippen LogP contribution in [0.25, 0.3) is 0 Å². The molecule has 0 saturated heterocycles. The molecule has 1 aromatic carbocycles. The molecule has 0 aromatic heterocycles. The Labute approximate surface area is 136 Å². The number of nitrogens with zero attached hydrogens (tertiary/aromatic N) is 1. The van der Waals surface area contributed by atoms with Crippen molar-refractivity contribution >= 4 is 34.2 Å². The summed E-state index contributed by atoms with van der Waals surface area (Å²) < 4.78 is 0.673. The van der Waals surface area contributed by atoms with Crippen LogP contribution in [0.1, 0.15) is 36.0 Å². The summed E-state index contributed by atoms with van der Waals surface area (Å²) in [7, 11) is 0. The summed E-state index contributed by atoms with van der Waals surface area (Å²) in [4.78, 5) is 22.7. The summed E-state index contributed by atoms with van der Waals surface area (Å²) in [5.41, 5.74) is 0.218. The predicted octanol–water partition coefficient (Wildman–Crippen LogP) is 2.48. The lowest BCUT2D eigenvalue weighted by Gasteiger charge is -2.30. The minimum Gasteiger partial charge on any atom is -0.396 e. The molecule has 114 valence electrons. The third kappa shape index (κ3) is 3.91. The number of non-ortho nitro benzene ring substituents is 1. The van der Waals surface area contributed by atoms with Crippen LogP contribution in [0.15, 0.2) is 18.2 Å². The Morgan fingerprint density at radius 1 is 1.43 bits per heavy atom. The van der Waals surface area contributed by atoms with Crippen molar-refractivity contribution in [3.8, 4) is 0 Å². The fourth-order valence-corrected chi connectivity index (χ4v) is 3.24. The number of amides is 1. The number of aliphatic hydroxyl groups excluding tert-OH is 1. The fraction of sp³-hybridized carbons (Fsp3) is 0.500. The van der Waals surface area contributed by atoms with Gasteiger partial charge in [-0.1, -0.05) is 12.8 Å². The second kappa shape index (κ2) is 7.17. The van der Waals surface area contributed by atoms with Gasteiger partial charge in [-0.3, -0.25) is 14.9 Å². The molecule has 1 saturated carbocycles. The van der Waals surface area contributed by atoms with Crippen LogP contribution in [0.4, 0.5) is 5.69 Å². The number of nitro benzene ring substituents is 1. The molecule has 0 heterocycles. The van der Waals surface area contributed by atoms with E-state index in [9.17, 15) is 20.0 Å². The minimum atomic E-state index is -0.510. The first-order valence-electron chi connectivity index (χ1n) is 6.88. The van der Waals surface area contributed by atoms with Crippen molar-refractivity contribution in [1.82, 2.24) is 5.32 Å². The van der Waals surface area contributed by atoms with Gasteiger partial charge >= 0.3 is 0 Å². The number of hydrogen-bond donors (Lipinski definition) is 2. The van der Waals surface area contributed by atoms with Crippen molar-refractivity contribution in [3.63, 3.8) is 0 Å². The molecule has 1 aliphatic carbocycles. The van der Waals surface area contributed by atoms with Crippen molar-refractivity contribution in [2.75, 3.05) is 6.61 Å². The van der Waals surface area contributed by atoms with Crippen LogP contribution in [0.2, 0.25) is 0 Å². The van der Waals surface area contributed by atoms with Crippen molar-refractivity contribution in [3.05, 3.63) is 37.4 Å². The predicted molar refractivity (Wildman–Crippen MR) is 86.1 cm³/mol. The van der Waals surface area contributed by atoms with Gasteiger partial charge in [-0.05, 0) is 41.5 Å². The number of aliphatic hydroxyl groups is 1. The van der Waals surface area contributed by atoms with E-state index in [2.05, 4.69) is 5.32 Å². The van der Waals surface area contributed by atoms with Crippen molar-refractivity contribution in [2.24, 2.45) is 5.92 Å². The maximum atomic E-state index is 12.3. The van der Waals surface area contributed by atoms with E-state index >= 15 is 0 Å². The first-order chi connectivity index (χ1) is 10.0. The van der Waals surface area contributed by atoms with E-state index in [0.717, 1.165) is 25.7 Å². The molecule has 1 aromatic rings. The highest BCUT2D eigenvalue weighted by Crippen LogP contribution is 2.25. The Kier molecular flexibility index (Phi) is 5.51. The zero-order valence-corrected chi connectivity index (χ0v) is 13.6. The number of rotatable bonds is 4. The van der Waals surface area contributed by atoms with Crippen molar-refractivity contribution in [2.45, 2.75) is 31.7 Å². The number of hydrogen-bond acceptors (Lipinski definition) is 4. The number of nitro groups is 1. The van der Waals surface area contributed by atoms with Gasteiger partial charge in [0.2, 0.25) is 0 Å². The van der Waals surface area contributed by atoms with Gasteiger partial charge in [-0.15, -0.1) is 0 Å². The number of carbonyl (C=O) groups excluding carboxylic acids is 1. The second-order valence-electron chi connectivity index (χ2n) is 5.23. The zero-order chi connectivity index (χ0) is 15.4. The third-order valence-electron chi connectivity index (χ3n) is 3.87. The van der Waals surface area contributed by atoms with Gasteiger partial charge in [0.05, 0.1) is 10.5 Å². The highest BCUT2D eigenvalue weighted by Gasteiger charge is 2.27. The van der Waals surface area contributed by atoms with E-state index in [1.165, 1.54) is 12.1 Å². The average Bonchev–Trinajstić information content (AvgIpc) is 2.47. The number of benzene rings is 1. The molecule has 21 heavy (non-hydrogen) atoms. The van der Waals surface area contributed by atoms with Gasteiger partial charge in [0.25, 0.3) is 11.6 Å². The van der Waals surface area contributed by atoms with E-state index in [0.29, 0.717) is 9.13 Å². The lowest BCUT2D eigenvalue weighted by Crippen LogP contribution is -2.43. The van der Waals surface area contributed by atoms with Crippen molar-refractivity contribution < 1.29 is 14.8 Å². The molecule has 2 rings (SSSR count). The number of nitrogens with one attached hydrogen (secondary N) is 1. The summed E-state index contributed by atoms with van der Waals surface area (Å²) in [6.45, 7) is 0.0526. The highest BCUT2D eigenvalue weighted by atomic mass is 127. The monoisotopic (exact) mass is 404 g/mol. The molecular weight excluding hydrogens is 387 g/mol. The molecule has 0 aliphatic heterocycles. The summed E-state index contributed by atoms with van der Waals surface area (Å²) in [5, 5.41) is 23.1. The van der Waals surface area contributed by atoms with Gasteiger partial charge in [0.15, 0.2) is 0 Å². The zero-order valence-electron chi connectivity index (χ0n) is 11.4. The van der Waals surface area contributed by atoms with E-state index in [4.69, 9.17) is 0 Å². The SMILES string of the molecule is O=C(NC1CCCCC1CO)c1cc([N+](=O)[O-])ccc1I. The van der Waals surface area contributed by atoms with Gasteiger partial charge in [0, 0.05) is 34.3 Å². The molecule has 6 nitrogen and oxygen atoms in total.